The molecule has 0 aromatic heterocycles. The summed E-state index contributed by atoms with van der Waals surface area (Å²) in [6.45, 7) is 6.74. The lowest BCUT2D eigenvalue weighted by Crippen LogP contribution is -2.42. The smallest absolute Gasteiger partial charge is 0.410 e. The van der Waals surface area contributed by atoms with Crippen molar-refractivity contribution in [1.29, 1.82) is 0 Å². The quantitative estimate of drug-likeness (QED) is 0.663. The summed E-state index contributed by atoms with van der Waals surface area (Å²) in [4.78, 5) is 24.5. The Morgan fingerprint density at radius 2 is 1.79 bits per heavy atom. The maximum Gasteiger partial charge on any atom is 0.410 e. The van der Waals surface area contributed by atoms with E-state index in [1.807, 2.05) is 6.92 Å². The molecule has 0 radical (unpaired) electrons. The van der Waals surface area contributed by atoms with Crippen molar-refractivity contribution in [3.63, 3.8) is 0 Å². The van der Waals surface area contributed by atoms with Gasteiger partial charge in [-0.05, 0) is 19.8 Å². The van der Waals surface area contributed by atoms with Crippen LogP contribution in [0.15, 0.2) is 0 Å². The Balaban J connectivity index is 4.75. The summed E-state index contributed by atoms with van der Waals surface area (Å²) in [5, 5.41) is 8.99. The molecule has 0 fully saturated rings. The highest BCUT2D eigenvalue weighted by Crippen LogP contribution is 2.15. The Bertz CT molecular complexity index is 268. The highest BCUT2D eigenvalue weighted by molar-refractivity contribution is 5.71. The molecule has 1 unspecified atom stereocenters. The van der Waals surface area contributed by atoms with Gasteiger partial charge in [0.1, 0.15) is 0 Å². The number of carbonyl (C=O) groups excluding carboxylic acids is 1. The Labute approximate surface area is 115 Å². The molecule has 0 rings (SSSR count). The third-order valence-electron chi connectivity index (χ3n) is 3.00. The summed E-state index contributed by atoms with van der Waals surface area (Å²) >= 11 is 0. The van der Waals surface area contributed by atoms with Crippen LogP contribution in [0.5, 0.6) is 0 Å². The predicted molar refractivity (Wildman–Crippen MR) is 74.2 cm³/mol. The molecule has 0 heterocycles. The van der Waals surface area contributed by atoms with Crippen molar-refractivity contribution < 1.29 is 19.4 Å². The Morgan fingerprint density at radius 3 is 2.26 bits per heavy atom. The van der Waals surface area contributed by atoms with Gasteiger partial charge in [0.2, 0.25) is 0 Å². The summed E-state index contributed by atoms with van der Waals surface area (Å²) in [6.07, 6.45) is 4.04. The number of hydrogen-bond donors (Lipinski definition) is 1. The van der Waals surface area contributed by atoms with E-state index in [0.29, 0.717) is 19.6 Å². The van der Waals surface area contributed by atoms with Gasteiger partial charge < -0.3 is 14.7 Å². The largest absolute Gasteiger partial charge is 0.481 e. The monoisotopic (exact) mass is 273 g/mol. The van der Waals surface area contributed by atoms with Gasteiger partial charge in [0.05, 0.1) is 13.0 Å². The lowest BCUT2D eigenvalue weighted by atomic mass is 10.0. The summed E-state index contributed by atoms with van der Waals surface area (Å²) < 4.78 is 5.04. The minimum Gasteiger partial charge on any atom is -0.481 e. The molecule has 0 aliphatic carbocycles. The maximum absolute atomic E-state index is 11.9. The molecule has 0 saturated heterocycles. The van der Waals surface area contributed by atoms with E-state index in [0.717, 1.165) is 25.7 Å². The van der Waals surface area contributed by atoms with Crippen LogP contribution in [0.3, 0.4) is 0 Å². The van der Waals surface area contributed by atoms with Gasteiger partial charge >= 0.3 is 12.1 Å². The number of rotatable bonds is 10. The number of unbranched alkanes of at least 4 members (excludes halogenated alkanes) is 2. The molecule has 0 aliphatic rings. The molecule has 1 atom stereocenters. The number of carbonyl (C=O) groups is 2. The molecule has 112 valence electrons. The number of nitrogens with zero attached hydrogens (tertiary/aromatic N) is 1. The van der Waals surface area contributed by atoms with Crippen LogP contribution >= 0.6 is 0 Å². The van der Waals surface area contributed by atoms with Crippen LogP contribution in [0.4, 0.5) is 4.79 Å². The van der Waals surface area contributed by atoms with Gasteiger partial charge in [-0.2, -0.15) is 0 Å². The molecule has 0 bridgehead atoms. The number of aliphatic carboxylic acids is 1. The van der Waals surface area contributed by atoms with Gasteiger partial charge in [-0.15, -0.1) is 0 Å². The van der Waals surface area contributed by atoms with E-state index in [1.54, 1.807) is 11.8 Å². The minimum absolute atomic E-state index is 0.0114. The average Bonchev–Trinajstić information content (AvgIpc) is 2.35. The van der Waals surface area contributed by atoms with Crippen LogP contribution in [0.1, 0.15) is 59.3 Å². The fourth-order valence-corrected chi connectivity index (χ4v) is 1.97. The predicted octanol–water partition coefficient (Wildman–Crippen LogP) is 3.28. The molecular formula is C14H27NO4. The summed E-state index contributed by atoms with van der Waals surface area (Å²) in [5.74, 6) is -0.869. The minimum atomic E-state index is -0.869. The van der Waals surface area contributed by atoms with E-state index in [4.69, 9.17) is 9.84 Å². The SMILES string of the molecule is CCCCC(CC(=O)O)N(CCCC)C(=O)OCC. The van der Waals surface area contributed by atoms with Crippen molar-refractivity contribution in [3.05, 3.63) is 0 Å². The third kappa shape index (κ3) is 7.70. The summed E-state index contributed by atoms with van der Waals surface area (Å²) in [7, 11) is 0. The molecule has 1 amide bonds. The molecule has 19 heavy (non-hydrogen) atoms. The van der Waals surface area contributed by atoms with Crippen molar-refractivity contribution in [2.75, 3.05) is 13.2 Å². The zero-order chi connectivity index (χ0) is 14.7. The van der Waals surface area contributed by atoms with Gasteiger partial charge in [0.15, 0.2) is 0 Å². The molecule has 0 aromatic rings. The summed E-state index contributed by atoms with van der Waals surface area (Å²) in [6, 6.07) is -0.261. The van der Waals surface area contributed by atoms with Crippen LogP contribution < -0.4 is 0 Å². The Hall–Kier alpha value is -1.26. The number of ether oxygens (including phenoxy) is 1. The van der Waals surface area contributed by atoms with E-state index in [1.165, 1.54) is 0 Å². The Morgan fingerprint density at radius 1 is 1.16 bits per heavy atom. The summed E-state index contributed by atoms with van der Waals surface area (Å²) in [5.41, 5.74) is 0. The molecule has 0 aliphatic heterocycles. The first-order chi connectivity index (χ1) is 9.06. The van der Waals surface area contributed by atoms with Crippen LogP contribution in [0.2, 0.25) is 0 Å². The molecule has 0 saturated carbocycles. The van der Waals surface area contributed by atoms with Gasteiger partial charge in [-0.3, -0.25) is 4.79 Å². The second kappa shape index (κ2) is 10.6. The molecule has 0 spiro atoms. The van der Waals surface area contributed by atoms with E-state index < -0.39 is 12.1 Å². The first-order valence-electron chi connectivity index (χ1n) is 7.21. The first-order valence-corrected chi connectivity index (χ1v) is 7.21. The molecule has 1 N–H and O–H groups in total. The topological polar surface area (TPSA) is 66.8 Å². The van der Waals surface area contributed by atoms with Crippen LogP contribution in [-0.4, -0.2) is 41.3 Å². The zero-order valence-electron chi connectivity index (χ0n) is 12.4. The fourth-order valence-electron chi connectivity index (χ4n) is 1.97. The van der Waals surface area contributed by atoms with E-state index in [9.17, 15) is 9.59 Å². The van der Waals surface area contributed by atoms with E-state index in [-0.39, 0.29) is 12.5 Å². The second-order valence-electron chi connectivity index (χ2n) is 4.64. The van der Waals surface area contributed by atoms with Gasteiger partial charge in [-0.1, -0.05) is 33.1 Å². The van der Waals surface area contributed by atoms with Crippen molar-refractivity contribution in [2.24, 2.45) is 0 Å². The van der Waals surface area contributed by atoms with Crippen molar-refractivity contribution in [3.8, 4) is 0 Å². The highest BCUT2D eigenvalue weighted by atomic mass is 16.6. The normalized spacial score (nSPS) is 11.9. The number of carboxylic acid groups (broad SMARTS) is 1. The molecular weight excluding hydrogens is 246 g/mol. The zero-order valence-corrected chi connectivity index (χ0v) is 12.4. The van der Waals surface area contributed by atoms with Crippen LogP contribution in [0.25, 0.3) is 0 Å². The lowest BCUT2D eigenvalue weighted by Gasteiger charge is -2.30. The van der Waals surface area contributed by atoms with E-state index in [2.05, 4.69) is 6.92 Å². The van der Waals surface area contributed by atoms with Gasteiger partial charge in [0, 0.05) is 12.6 Å². The molecule has 5 nitrogen and oxygen atoms in total. The van der Waals surface area contributed by atoms with Crippen molar-refractivity contribution >= 4 is 12.1 Å². The maximum atomic E-state index is 11.9. The average molecular weight is 273 g/mol. The number of carboxylic acids is 1. The van der Waals surface area contributed by atoms with Gasteiger partial charge in [-0.25, -0.2) is 4.79 Å². The number of amides is 1. The van der Waals surface area contributed by atoms with Crippen LogP contribution in [-0.2, 0) is 9.53 Å². The second-order valence-corrected chi connectivity index (χ2v) is 4.64. The van der Waals surface area contributed by atoms with Crippen molar-refractivity contribution in [2.45, 2.75) is 65.3 Å². The van der Waals surface area contributed by atoms with Gasteiger partial charge in [0.25, 0.3) is 0 Å². The highest BCUT2D eigenvalue weighted by Gasteiger charge is 2.25. The Kier molecular flexibility index (Phi) is 9.94. The lowest BCUT2D eigenvalue weighted by molar-refractivity contribution is -0.138. The molecule has 0 aromatic carbocycles. The van der Waals surface area contributed by atoms with E-state index >= 15 is 0 Å². The fraction of sp³-hybridized carbons (Fsp3) is 0.857. The van der Waals surface area contributed by atoms with Crippen LogP contribution in [0, 0.1) is 0 Å². The first kappa shape index (κ1) is 17.7. The molecule has 5 heteroatoms. The standard InChI is InChI=1S/C14H27NO4/c1-4-7-9-12(11-13(16)17)15(10-8-5-2)14(18)19-6-3/h12H,4-11H2,1-3H3,(H,16,17). The van der Waals surface area contributed by atoms with Crippen molar-refractivity contribution in [1.82, 2.24) is 4.90 Å². The number of hydrogen-bond acceptors (Lipinski definition) is 3. The third-order valence-corrected chi connectivity index (χ3v) is 3.00.